The van der Waals surface area contributed by atoms with E-state index in [9.17, 15) is 4.79 Å². The van der Waals surface area contributed by atoms with Crippen molar-refractivity contribution in [2.75, 3.05) is 13.1 Å². The molecule has 2 heterocycles. The van der Waals surface area contributed by atoms with E-state index in [-0.39, 0.29) is 5.91 Å². The van der Waals surface area contributed by atoms with Crippen molar-refractivity contribution >= 4 is 17.2 Å². The molecule has 19 heavy (non-hydrogen) atoms. The zero-order valence-corrected chi connectivity index (χ0v) is 12.1. The van der Waals surface area contributed by atoms with Gasteiger partial charge in [-0.3, -0.25) is 4.79 Å². The van der Waals surface area contributed by atoms with Crippen molar-refractivity contribution in [3.63, 3.8) is 0 Å². The average molecular weight is 278 g/mol. The third-order valence-corrected chi connectivity index (χ3v) is 5.07. The Kier molecular flexibility index (Phi) is 4.18. The van der Waals surface area contributed by atoms with Crippen LogP contribution in [0.2, 0.25) is 0 Å². The first kappa shape index (κ1) is 13.1. The molecule has 0 radical (unpaired) electrons. The highest BCUT2D eigenvalue weighted by molar-refractivity contribution is 7.09. The van der Waals surface area contributed by atoms with Gasteiger partial charge >= 0.3 is 0 Å². The fourth-order valence-electron chi connectivity index (χ4n) is 2.84. The molecule has 3 rings (SSSR count). The molecular weight excluding hydrogens is 256 g/mol. The molecule has 0 atom stereocenters. The van der Waals surface area contributed by atoms with Gasteiger partial charge in [0.2, 0.25) is 5.91 Å². The number of likely N-dealkylation sites (tertiary alicyclic amines) is 1. The summed E-state index contributed by atoms with van der Waals surface area (Å²) in [6.45, 7) is 2.33. The topological polar surface area (TPSA) is 32.3 Å². The summed E-state index contributed by atoms with van der Waals surface area (Å²) >= 11 is 1.73. The second kappa shape index (κ2) is 6.06. The van der Waals surface area contributed by atoms with E-state index in [1.54, 1.807) is 11.3 Å². The normalized spacial score (nSPS) is 21.5. The van der Waals surface area contributed by atoms with Crippen molar-refractivity contribution in [2.24, 2.45) is 0 Å². The molecule has 0 bridgehead atoms. The standard InChI is InChI=1S/C15H22N2OS/c18-15(6-5-14-2-1-11-19-14)16-12-7-9-17(10-8-12)13-3-4-13/h1-2,11-13H,3-10H2,(H,16,18). The van der Waals surface area contributed by atoms with Crippen molar-refractivity contribution in [1.82, 2.24) is 10.2 Å². The molecule has 0 aromatic carbocycles. The second-order valence-electron chi connectivity index (χ2n) is 5.69. The number of carbonyl (C=O) groups is 1. The average Bonchev–Trinajstić information content (AvgIpc) is 3.14. The predicted octanol–water partition coefficient (Wildman–Crippen LogP) is 2.42. The maximum Gasteiger partial charge on any atom is 0.220 e. The van der Waals surface area contributed by atoms with Crippen LogP contribution in [0.3, 0.4) is 0 Å². The number of piperidine rings is 1. The predicted molar refractivity (Wildman–Crippen MR) is 78.4 cm³/mol. The molecule has 2 fully saturated rings. The first-order chi connectivity index (χ1) is 9.31. The summed E-state index contributed by atoms with van der Waals surface area (Å²) in [6.07, 6.45) is 6.53. The van der Waals surface area contributed by atoms with E-state index in [4.69, 9.17) is 0 Å². The minimum Gasteiger partial charge on any atom is -0.353 e. The number of amides is 1. The molecule has 1 aromatic rings. The highest BCUT2D eigenvalue weighted by Gasteiger charge is 2.31. The van der Waals surface area contributed by atoms with Crippen LogP contribution in [-0.4, -0.2) is 36.0 Å². The van der Waals surface area contributed by atoms with E-state index in [0.29, 0.717) is 12.5 Å². The van der Waals surface area contributed by atoms with E-state index in [1.807, 2.05) is 6.07 Å². The molecule has 4 heteroatoms. The minimum absolute atomic E-state index is 0.221. The summed E-state index contributed by atoms with van der Waals surface area (Å²) in [4.78, 5) is 15.8. The van der Waals surface area contributed by atoms with E-state index in [0.717, 1.165) is 25.3 Å². The second-order valence-corrected chi connectivity index (χ2v) is 6.72. The number of nitrogens with zero attached hydrogens (tertiary/aromatic N) is 1. The van der Waals surface area contributed by atoms with Crippen LogP contribution >= 0.6 is 11.3 Å². The maximum atomic E-state index is 11.9. The largest absolute Gasteiger partial charge is 0.353 e. The van der Waals surface area contributed by atoms with Gasteiger partial charge in [-0.15, -0.1) is 11.3 Å². The first-order valence-corrected chi connectivity index (χ1v) is 8.25. The zero-order chi connectivity index (χ0) is 13.1. The molecular formula is C15H22N2OS. The Balaban J connectivity index is 1.35. The molecule has 1 aromatic heterocycles. The molecule has 1 aliphatic heterocycles. The Labute approximate surface area is 119 Å². The quantitative estimate of drug-likeness (QED) is 0.897. The van der Waals surface area contributed by atoms with Crippen molar-refractivity contribution in [3.8, 4) is 0 Å². The number of hydrogen-bond acceptors (Lipinski definition) is 3. The fourth-order valence-corrected chi connectivity index (χ4v) is 3.55. The van der Waals surface area contributed by atoms with E-state index >= 15 is 0 Å². The molecule has 104 valence electrons. The third kappa shape index (κ3) is 3.80. The summed E-state index contributed by atoms with van der Waals surface area (Å²) in [5, 5.41) is 5.27. The molecule has 1 aliphatic carbocycles. The number of nitrogens with one attached hydrogen (secondary N) is 1. The van der Waals surface area contributed by atoms with Gasteiger partial charge in [-0.05, 0) is 43.6 Å². The van der Waals surface area contributed by atoms with Crippen molar-refractivity contribution in [1.29, 1.82) is 0 Å². The Bertz CT molecular complexity index is 406. The van der Waals surface area contributed by atoms with Crippen LogP contribution < -0.4 is 5.32 Å². The van der Waals surface area contributed by atoms with Gasteiger partial charge in [0.25, 0.3) is 0 Å². The lowest BCUT2D eigenvalue weighted by Gasteiger charge is -2.32. The molecule has 1 saturated heterocycles. The Morgan fingerprint density at radius 3 is 2.74 bits per heavy atom. The molecule has 3 nitrogen and oxygen atoms in total. The first-order valence-electron chi connectivity index (χ1n) is 7.37. The van der Waals surface area contributed by atoms with Crippen LogP contribution in [0.1, 0.15) is 37.0 Å². The van der Waals surface area contributed by atoms with Crippen LogP contribution in [0.15, 0.2) is 17.5 Å². The van der Waals surface area contributed by atoms with Crippen molar-refractivity contribution in [3.05, 3.63) is 22.4 Å². The lowest BCUT2D eigenvalue weighted by Crippen LogP contribution is -2.45. The lowest BCUT2D eigenvalue weighted by molar-refractivity contribution is -0.122. The maximum absolute atomic E-state index is 11.9. The summed E-state index contributed by atoms with van der Waals surface area (Å²) in [6, 6.07) is 5.43. The van der Waals surface area contributed by atoms with E-state index < -0.39 is 0 Å². The summed E-state index contributed by atoms with van der Waals surface area (Å²) in [5.74, 6) is 0.221. The van der Waals surface area contributed by atoms with Gasteiger partial charge in [-0.2, -0.15) is 0 Å². The summed E-state index contributed by atoms with van der Waals surface area (Å²) in [5.41, 5.74) is 0. The van der Waals surface area contributed by atoms with Crippen molar-refractivity contribution < 1.29 is 4.79 Å². The molecule has 0 unspecified atom stereocenters. The smallest absolute Gasteiger partial charge is 0.220 e. The molecule has 1 amide bonds. The summed E-state index contributed by atoms with van der Waals surface area (Å²) < 4.78 is 0. The molecule has 1 N–H and O–H groups in total. The minimum atomic E-state index is 0.221. The zero-order valence-electron chi connectivity index (χ0n) is 11.3. The van der Waals surface area contributed by atoms with Crippen LogP contribution in [0.25, 0.3) is 0 Å². The monoisotopic (exact) mass is 278 g/mol. The molecule has 0 spiro atoms. The Hall–Kier alpha value is -0.870. The Morgan fingerprint density at radius 1 is 1.32 bits per heavy atom. The third-order valence-electron chi connectivity index (χ3n) is 4.14. The van der Waals surface area contributed by atoms with Gasteiger partial charge in [0.1, 0.15) is 0 Å². The Morgan fingerprint density at radius 2 is 2.11 bits per heavy atom. The number of aryl methyl sites for hydroxylation is 1. The van der Waals surface area contributed by atoms with Crippen molar-refractivity contribution in [2.45, 2.75) is 50.6 Å². The van der Waals surface area contributed by atoms with Crippen LogP contribution in [-0.2, 0) is 11.2 Å². The highest BCUT2D eigenvalue weighted by atomic mass is 32.1. The number of thiophene rings is 1. The van der Waals surface area contributed by atoms with Gasteiger partial charge in [-0.25, -0.2) is 0 Å². The van der Waals surface area contributed by atoms with Crippen LogP contribution in [0.5, 0.6) is 0 Å². The van der Waals surface area contributed by atoms with E-state index in [1.165, 1.54) is 30.8 Å². The summed E-state index contributed by atoms with van der Waals surface area (Å²) in [7, 11) is 0. The van der Waals surface area contributed by atoms with Gasteiger partial charge in [-0.1, -0.05) is 6.07 Å². The SMILES string of the molecule is O=C(CCc1cccs1)NC1CCN(C2CC2)CC1. The van der Waals surface area contributed by atoms with Gasteiger partial charge in [0, 0.05) is 36.5 Å². The molecule has 1 saturated carbocycles. The van der Waals surface area contributed by atoms with Crippen LogP contribution in [0.4, 0.5) is 0 Å². The number of rotatable bonds is 5. The molecule has 2 aliphatic rings. The number of hydrogen-bond donors (Lipinski definition) is 1. The lowest BCUT2D eigenvalue weighted by atomic mass is 10.0. The van der Waals surface area contributed by atoms with E-state index in [2.05, 4.69) is 21.7 Å². The van der Waals surface area contributed by atoms with Gasteiger partial charge < -0.3 is 10.2 Å². The van der Waals surface area contributed by atoms with Gasteiger partial charge in [0.05, 0.1) is 0 Å². The van der Waals surface area contributed by atoms with Gasteiger partial charge in [0.15, 0.2) is 0 Å². The fraction of sp³-hybridized carbons (Fsp3) is 0.667. The van der Waals surface area contributed by atoms with Crippen LogP contribution in [0, 0.1) is 0 Å². The highest BCUT2D eigenvalue weighted by Crippen LogP contribution is 2.29. The number of carbonyl (C=O) groups excluding carboxylic acids is 1.